The van der Waals surface area contributed by atoms with Crippen LogP contribution in [0.2, 0.25) is 0 Å². The third kappa shape index (κ3) is 4.76. The number of benzene rings is 1. The summed E-state index contributed by atoms with van der Waals surface area (Å²) in [5, 5.41) is 6.79. The molecule has 0 saturated heterocycles. The molecule has 1 aromatic carbocycles. The van der Waals surface area contributed by atoms with Crippen molar-refractivity contribution in [2.75, 3.05) is 0 Å². The number of hydrogen-bond donors (Lipinski definition) is 1. The molecule has 0 fully saturated rings. The summed E-state index contributed by atoms with van der Waals surface area (Å²) in [6, 6.07) is 7.98. The molecule has 0 atom stereocenters. The fourth-order valence-electron chi connectivity index (χ4n) is 2.42. The minimum atomic E-state index is -0.0334. The van der Waals surface area contributed by atoms with Gasteiger partial charge < -0.3 is 14.4 Å². The summed E-state index contributed by atoms with van der Waals surface area (Å²) >= 11 is 0. The monoisotopic (exact) mass is 339 g/mol. The van der Waals surface area contributed by atoms with Gasteiger partial charge in [0.15, 0.2) is 5.82 Å². The normalized spacial score (nSPS) is 10.8. The number of imidazole rings is 1. The molecule has 0 saturated carbocycles. The van der Waals surface area contributed by atoms with Crippen LogP contribution in [0.25, 0.3) is 5.69 Å². The molecule has 0 aliphatic rings. The Morgan fingerprint density at radius 2 is 2.08 bits per heavy atom. The first-order valence-electron chi connectivity index (χ1n) is 8.40. The highest BCUT2D eigenvalue weighted by Crippen LogP contribution is 2.09. The average molecular weight is 339 g/mol. The van der Waals surface area contributed by atoms with Crippen LogP contribution in [0.4, 0.5) is 0 Å². The quantitative estimate of drug-likeness (QED) is 0.681. The third-order valence-corrected chi connectivity index (χ3v) is 3.78. The number of carbonyl (C=O) groups excluding carboxylic acids is 1. The van der Waals surface area contributed by atoms with Gasteiger partial charge in [0.05, 0.1) is 6.33 Å². The van der Waals surface area contributed by atoms with Gasteiger partial charge >= 0.3 is 0 Å². The van der Waals surface area contributed by atoms with E-state index in [-0.39, 0.29) is 5.91 Å². The van der Waals surface area contributed by atoms with Crippen LogP contribution >= 0.6 is 0 Å². The minimum Gasteiger partial charge on any atom is -0.352 e. The summed E-state index contributed by atoms with van der Waals surface area (Å²) in [5.41, 5.74) is 2.08. The molecule has 7 nitrogen and oxygen atoms in total. The van der Waals surface area contributed by atoms with Crippen LogP contribution in [0.1, 0.15) is 37.0 Å². The zero-order valence-corrected chi connectivity index (χ0v) is 14.2. The van der Waals surface area contributed by atoms with Gasteiger partial charge in [-0.1, -0.05) is 24.2 Å². The van der Waals surface area contributed by atoms with Crippen LogP contribution in [0.5, 0.6) is 0 Å². The van der Waals surface area contributed by atoms with Crippen molar-refractivity contribution in [2.24, 2.45) is 0 Å². The number of nitrogens with one attached hydrogen (secondary N) is 1. The molecule has 130 valence electrons. The first-order chi connectivity index (χ1) is 12.2. The Morgan fingerprint density at radius 1 is 1.24 bits per heavy atom. The Hall–Kier alpha value is -2.96. The third-order valence-electron chi connectivity index (χ3n) is 3.78. The van der Waals surface area contributed by atoms with Crippen molar-refractivity contribution in [3.05, 3.63) is 60.3 Å². The first-order valence-corrected chi connectivity index (χ1v) is 8.40. The highest BCUT2D eigenvalue weighted by atomic mass is 16.5. The van der Waals surface area contributed by atoms with Crippen molar-refractivity contribution in [3.8, 4) is 5.69 Å². The van der Waals surface area contributed by atoms with Crippen molar-refractivity contribution in [3.63, 3.8) is 0 Å². The molecule has 0 unspecified atom stereocenters. The topological polar surface area (TPSA) is 85.8 Å². The number of amides is 1. The van der Waals surface area contributed by atoms with Crippen LogP contribution in [0.15, 0.2) is 47.5 Å². The van der Waals surface area contributed by atoms with E-state index in [1.807, 2.05) is 35.0 Å². The van der Waals surface area contributed by atoms with E-state index >= 15 is 0 Å². The fraction of sp³-hybridized carbons (Fsp3) is 0.333. The lowest BCUT2D eigenvalue weighted by molar-refractivity contribution is -0.121. The van der Waals surface area contributed by atoms with Gasteiger partial charge in [0.25, 0.3) is 0 Å². The van der Waals surface area contributed by atoms with Gasteiger partial charge in [0.2, 0.25) is 11.8 Å². The van der Waals surface area contributed by atoms with Gasteiger partial charge in [0.1, 0.15) is 0 Å². The van der Waals surface area contributed by atoms with Gasteiger partial charge in [0, 0.05) is 43.9 Å². The second-order valence-corrected chi connectivity index (χ2v) is 5.77. The molecule has 25 heavy (non-hydrogen) atoms. The maximum atomic E-state index is 12.0. The van der Waals surface area contributed by atoms with E-state index < -0.39 is 0 Å². The Morgan fingerprint density at radius 3 is 2.80 bits per heavy atom. The molecule has 0 aliphatic carbocycles. The first kappa shape index (κ1) is 16.9. The molecule has 3 rings (SSSR count). The van der Waals surface area contributed by atoms with E-state index in [1.165, 1.54) is 0 Å². The SMILES string of the molecule is CCCc1noc(CCC(=O)NCc2ccc(-n3ccnc3)cc2)n1. The summed E-state index contributed by atoms with van der Waals surface area (Å²) in [6.45, 7) is 2.55. The van der Waals surface area contributed by atoms with Gasteiger partial charge in [-0.05, 0) is 24.1 Å². The molecule has 0 bridgehead atoms. The molecule has 0 aliphatic heterocycles. The second kappa shape index (κ2) is 8.23. The highest BCUT2D eigenvalue weighted by Gasteiger charge is 2.08. The minimum absolute atomic E-state index is 0.0334. The largest absolute Gasteiger partial charge is 0.352 e. The smallest absolute Gasteiger partial charge is 0.227 e. The molecule has 1 amide bonds. The van der Waals surface area contributed by atoms with Crippen molar-refractivity contribution >= 4 is 5.91 Å². The molecule has 1 N–H and O–H groups in total. The van der Waals surface area contributed by atoms with Gasteiger partial charge in [-0.15, -0.1) is 0 Å². The standard InChI is InChI=1S/C18H21N5O2/c1-2-3-16-21-18(25-22-16)9-8-17(24)20-12-14-4-6-15(7-5-14)23-11-10-19-13-23/h4-7,10-11,13H,2-3,8-9,12H2,1H3,(H,20,24). The number of hydrogen-bond acceptors (Lipinski definition) is 5. The Labute approximate surface area is 146 Å². The Balaban J connectivity index is 1.44. The second-order valence-electron chi connectivity index (χ2n) is 5.77. The summed E-state index contributed by atoms with van der Waals surface area (Å²) in [7, 11) is 0. The van der Waals surface area contributed by atoms with Crippen LogP contribution in [-0.4, -0.2) is 25.6 Å². The number of aromatic nitrogens is 4. The van der Waals surface area contributed by atoms with Gasteiger partial charge in [-0.2, -0.15) is 4.98 Å². The molecular weight excluding hydrogens is 318 g/mol. The molecule has 0 radical (unpaired) electrons. The van der Waals surface area contributed by atoms with Crippen LogP contribution in [-0.2, 0) is 24.2 Å². The fourth-order valence-corrected chi connectivity index (χ4v) is 2.42. The molecular formula is C18H21N5O2. The zero-order chi connectivity index (χ0) is 17.5. The van der Waals surface area contributed by atoms with Crippen molar-refractivity contribution in [1.29, 1.82) is 0 Å². The Kier molecular flexibility index (Phi) is 5.56. The number of rotatable bonds is 8. The molecule has 7 heteroatoms. The molecule has 2 aromatic heterocycles. The van der Waals surface area contributed by atoms with Crippen molar-refractivity contribution in [2.45, 2.75) is 39.2 Å². The van der Waals surface area contributed by atoms with Crippen LogP contribution in [0, 0.1) is 0 Å². The summed E-state index contributed by atoms with van der Waals surface area (Å²) < 4.78 is 7.06. The maximum Gasteiger partial charge on any atom is 0.227 e. The lowest BCUT2D eigenvalue weighted by Gasteiger charge is -2.06. The molecule has 3 aromatic rings. The lowest BCUT2D eigenvalue weighted by Crippen LogP contribution is -2.23. The van der Waals surface area contributed by atoms with E-state index in [4.69, 9.17) is 4.52 Å². The van der Waals surface area contributed by atoms with Crippen LogP contribution in [0.3, 0.4) is 0 Å². The van der Waals surface area contributed by atoms with Crippen molar-refractivity contribution in [1.82, 2.24) is 25.0 Å². The number of aryl methyl sites for hydroxylation is 2. The molecule has 0 spiro atoms. The Bertz CT molecular complexity index is 793. The molecule has 2 heterocycles. The van der Waals surface area contributed by atoms with E-state index in [0.717, 1.165) is 24.1 Å². The predicted molar refractivity (Wildman–Crippen MR) is 92.0 cm³/mol. The summed E-state index contributed by atoms with van der Waals surface area (Å²) in [6.07, 6.45) is 7.94. The average Bonchev–Trinajstić information content (AvgIpc) is 3.31. The van der Waals surface area contributed by atoms with E-state index in [0.29, 0.717) is 31.1 Å². The van der Waals surface area contributed by atoms with Crippen LogP contribution < -0.4 is 5.32 Å². The lowest BCUT2D eigenvalue weighted by atomic mass is 10.2. The van der Waals surface area contributed by atoms with Gasteiger partial charge in [-0.3, -0.25) is 4.79 Å². The summed E-state index contributed by atoms with van der Waals surface area (Å²) in [5.74, 6) is 1.19. The summed E-state index contributed by atoms with van der Waals surface area (Å²) in [4.78, 5) is 20.2. The van der Waals surface area contributed by atoms with E-state index in [2.05, 4.69) is 27.4 Å². The zero-order valence-electron chi connectivity index (χ0n) is 14.2. The van der Waals surface area contributed by atoms with Gasteiger partial charge in [-0.25, -0.2) is 4.98 Å². The van der Waals surface area contributed by atoms with Crippen molar-refractivity contribution < 1.29 is 9.32 Å². The van der Waals surface area contributed by atoms with E-state index in [9.17, 15) is 4.79 Å². The van der Waals surface area contributed by atoms with E-state index in [1.54, 1.807) is 12.5 Å². The predicted octanol–water partition coefficient (Wildman–Crippen LogP) is 2.46. The number of carbonyl (C=O) groups is 1. The number of nitrogens with zero attached hydrogens (tertiary/aromatic N) is 4. The highest BCUT2D eigenvalue weighted by molar-refractivity contribution is 5.76. The maximum absolute atomic E-state index is 12.0.